The molecule has 6 heteroatoms. The minimum Gasteiger partial charge on any atom is -0.497 e. The molecule has 1 amide bonds. The molecular weight excluding hydrogens is 318 g/mol. The number of carbonyl (C=O) groups is 1. The van der Waals surface area contributed by atoms with E-state index in [2.05, 4.69) is 5.32 Å². The highest BCUT2D eigenvalue weighted by Gasteiger charge is 2.03. The maximum Gasteiger partial charge on any atom is 0.258 e. The van der Waals surface area contributed by atoms with E-state index in [1.54, 1.807) is 37.4 Å². The van der Waals surface area contributed by atoms with Crippen molar-refractivity contribution < 1.29 is 19.0 Å². The SMILES string of the molecule is COc1cccc(OCCNC(=O)COc2ccc(Cl)cc2)c1. The first-order chi connectivity index (χ1) is 11.2. The molecule has 0 spiro atoms. The third-order valence-electron chi connectivity index (χ3n) is 2.92. The number of benzene rings is 2. The van der Waals surface area contributed by atoms with E-state index in [9.17, 15) is 4.79 Å². The maximum absolute atomic E-state index is 11.7. The third kappa shape index (κ3) is 6.08. The summed E-state index contributed by atoms with van der Waals surface area (Å²) < 4.78 is 16.0. The Labute approximate surface area is 140 Å². The minimum absolute atomic E-state index is 0.0548. The van der Waals surface area contributed by atoms with Crippen molar-refractivity contribution in [2.75, 3.05) is 26.9 Å². The summed E-state index contributed by atoms with van der Waals surface area (Å²) in [4.78, 5) is 11.7. The van der Waals surface area contributed by atoms with Gasteiger partial charge in [-0.2, -0.15) is 0 Å². The highest BCUT2D eigenvalue weighted by molar-refractivity contribution is 6.30. The van der Waals surface area contributed by atoms with E-state index in [1.807, 2.05) is 18.2 Å². The second kappa shape index (κ2) is 8.90. The second-order valence-electron chi connectivity index (χ2n) is 4.62. The Kier molecular flexibility index (Phi) is 6.56. The standard InChI is InChI=1S/C17H18ClNO4/c1-21-15-3-2-4-16(11-15)22-10-9-19-17(20)12-23-14-7-5-13(18)6-8-14/h2-8,11H,9-10,12H2,1H3,(H,19,20). The molecule has 2 aromatic rings. The number of methoxy groups -OCH3 is 1. The largest absolute Gasteiger partial charge is 0.497 e. The average molecular weight is 336 g/mol. The molecule has 5 nitrogen and oxygen atoms in total. The summed E-state index contributed by atoms with van der Waals surface area (Å²) >= 11 is 5.77. The third-order valence-corrected chi connectivity index (χ3v) is 3.17. The van der Waals surface area contributed by atoms with Gasteiger partial charge in [-0.25, -0.2) is 0 Å². The van der Waals surface area contributed by atoms with E-state index in [1.165, 1.54) is 0 Å². The molecule has 1 N–H and O–H groups in total. The molecule has 0 aliphatic heterocycles. The Morgan fingerprint density at radius 3 is 2.52 bits per heavy atom. The first kappa shape index (κ1) is 17.0. The Bertz CT molecular complexity index is 631. The van der Waals surface area contributed by atoms with Crippen LogP contribution in [-0.2, 0) is 4.79 Å². The fraction of sp³-hybridized carbons (Fsp3) is 0.235. The molecule has 0 unspecified atom stereocenters. The molecule has 0 fully saturated rings. The first-order valence-corrected chi connectivity index (χ1v) is 7.47. The predicted molar refractivity (Wildman–Crippen MR) is 88.4 cm³/mol. The lowest BCUT2D eigenvalue weighted by atomic mass is 10.3. The maximum atomic E-state index is 11.7. The second-order valence-corrected chi connectivity index (χ2v) is 5.06. The number of amides is 1. The molecular formula is C17H18ClNO4. The molecule has 0 aromatic heterocycles. The van der Waals surface area contributed by atoms with Crippen LogP contribution in [0, 0.1) is 0 Å². The van der Waals surface area contributed by atoms with Crippen molar-refractivity contribution in [2.45, 2.75) is 0 Å². The van der Waals surface area contributed by atoms with Gasteiger partial charge in [-0.3, -0.25) is 4.79 Å². The van der Waals surface area contributed by atoms with Gasteiger partial charge >= 0.3 is 0 Å². The molecule has 0 aliphatic carbocycles. The molecule has 0 atom stereocenters. The molecule has 2 aromatic carbocycles. The number of halogens is 1. The lowest BCUT2D eigenvalue weighted by Crippen LogP contribution is -2.32. The highest BCUT2D eigenvalue weighted by atomic mass is 35.5. The zero-order chi connectivity index (χ0) is 16.5. The highest BCUT2D eigenvalue weighted by Crippen LogP contribution is 2.18. The summed E-state index contributed by atoms with van der Waals surface area (Å²) in [7, 11) is 1.60. The minimum atomic E-state index is -0.214. The quantitative estimate of drug-likeness (QED) is 0.754. The van der Waals surface area contributed by atoms with Crippen molar-refractivity contribution in [3.8, 4) is 17.2 Å². The fourth-order valence-electron chi connectivity index (χ4n) is 1.78. The van der Waals surface area contributed by atoms with Crippen molar-refractivity contribution >= 4 is 17.5 Å². The normalized spacial score (nSPS) is 10.0. The lowest BCUT2D eigenvalue weighted by molar-refractivity contribution is -0.123. The zero-order valence-corrected chi connectivity index (χ0v) is 13.5. The molecule has 2 rings (SSSR count). The summed E-state index contributed by atoms with van der Waals surface area (Å²) in [6.45, 7) is 0.695. The van der Waals surface area contributed by atoms with Crippen LogP contribution in [0.2, 0.25) is 5.02 Å². The van der Waals surface area contributed by atoms with E-state index in [0.29, 0.717) is 29.7 Å². The van der Waals surface area contributed by atoms with Crippen molar-refractivity contribution in [1.29, 1.82) is 0 Å². The zero-order valence-electron chi connectivity index (χ0n) is 12.8. The fourth-order valence-corrected chi connectivity index (χ4v) is 1.91. The first-order valence-electron chi connectivity index (χ1n) is 7.09. The topological polar surface area (TPSA) is 56.8 Å². The van der Waals surface area contributed by atoms with E-state index in [4.69, 9.17) is 25.8 Å². The van der Waals surface area contributed by atoms with Crippen LogP contribution in [0.5, 0.6) is 17.2 Å². The van der Waals surface area contributed by atoms with Crippen LogP contribution in [0.4, 0.5) is 0 Å². The molecule has 0 radical (unpaired) electrons. The van der Waals surface area contributed by atoms with Gasteiger partial charge in [-0.15, -0.1) is 0 Å². The van der Waals surface area contributed by atoms with Crippen molar-refractivity contribution in [3.63, 3.8) is 0 Å². The molecule has 0 aliphatic rings. The Balaban J connectivity index is 1.63. The molecule has 23 heavy (non-hydrogen) atoms. The van der Waals surface area contributed by atoms with Crippen molar-refractivity contribution in [2.24, 2.45) is 0 Å². The summed E-state index contributed by atoms with van der Waals surface area (Å²) in [5.41, 5.74) is 0. The molecule has 0 heterocycles. The van der Waals surface area contributed by atoms with Crippen LogP contribution in [0.1, 0.15) is 0 Å². The van der Waals surface area contributed by atoms with E-state index in [0.717, 1.165) is 5.75 Å². The van der Waals surface area contributed by atoms with Crippen LogP contribution in [-0.4, -0.2) is 32.8 Å². The summed E-state index contributed by atoms with van der Waals surface area (Å²) in [6, 6.07) is 14.1. The van der Waals surface area contributed by atoms with Crippen molar-refractivity contribution in [1.82, 2.24) is 5.32 Å². The van der Waals surface area contributed by atoms with Gasteiger partial charge in [0.25, 0.3) is 5.91 Å². The van der Waals surface area contributed by atoms with E-state index >= 15 is 0 Å². The van der Waals surface area contributed by atoms with Gasteiger partial charge in [0.1, 0.15) is 23.9 Å². The predicted octanol–water partition coefficient (Wildman–Crippen LogP) is 2.92. The van der Waals surface area contributed by atoms with Crippen LogP contribution in [0.15, 0.2) is 48.5 Å². The summed E-state index contributed by atoms with van der Waals surface area (Å²) in [5, 5.41) is 3.34. The molecule has 122 valence electrons. The molecule has 0 saturated carbocycles. The number of ether oxygens (including phenoxy) is 3. The van der Waals surface area contributed by atoms with Gasteiger partial charge < -0.3 is 19.5 Å². The number of hydrogen-bond acceptors (Lipinski definition) is 4. The van der Waals surface area contributed by atoms with Crippen LogP contribution >= 0.6 is 11.6 Å². The number of nitrogens with one attached hydrogen (secondary N) is 1. The van der Waals surface area contributed by atoms with Crippen LogP contribution < -0.4 is 19.5 Å². The van der Waals surface area contributed by atoms with Gasteiger partial charge in [0.2, 0.25) is 0 Å². The van der Waals surface area contributed by atoms with E-state index in [-0.39, 0.29) is 12.5 Å². The molecule has 0 saturated heterocycles. The Hall–Kier alpha value is -2.40. The Morgan fingerprint density at radius 1 is 1.04 bits per heavy atom. The summed E-state index contributed by atoms with van der Waals surface area (Å²) in [5.74, 6) is 1.80. The lowest BCUT2D eigenvalue weighted by Gasteiger charge is -2.09. The monoisotopic (exact) mass is 335 g/mol. The number of rotatable bonds is 8. The summed E-state index contributed by atoms with van der Waals surface area (Å²) in [6.07, 6.45) is 0. The molecule has 0 bridgehead atoms. The Morgan fingerprint density at radius 2 is 1.78 bits per heavy atom. The van der Waals surface area contributed by atoms with Gasteiger partial charge in [0.15, 0.2) is 6.61 Å². The van der Waals surface area contributed by atoms with Gasteiger partial charge in [0, 0.05) is 11.1 Å². The van der Waals surface area contributed by atoms with Gasteiger partial charge in [-0.1, -0.05) is 17.7 Å². The van der Waals surface area contributed by atoms with Crippen LogP contribution in [0.25, 0.3) is 0 Å². The average Bonchev–Trinajstić information content (AvgIpc) is 2.58. The number of carbonyl (C=O) groups excluding carboxylic acids is 1. The van der Waals surface area contributed by atoms with Crippen molar-refractivity contribution in [3.05, 3.63) is 53.6 Å². The smallest absolute Gasteiger partial charge is 0.258 e. The van der Waals surface area contributed by atoms with Crippen LogP contribution in [0.3, 0.4) is 0 Å². The van der Waals surface area contributed by atoms with Gasteiger partial charge in [0.05, 0.1) is 13.7 Å². The van der Waals surface area contributed by atoms with Gasteiger partial charge in [-0.05, 0) is 36.4 Å². The van der Waals surface area contributed by atoms with E-state index < -0.39 is 0 Å². The number of hydrogen-bond donors (Lipinski definition) is 1.